The van der Waals surface area contributed by atoms with Gasteiger partial charge in [0.2, 0.25) is 5.91 Å². The predicted molar refractivity (Wildman–Crippen MR) is 62.5 cm³/mol. The summed E-state index contributed by atoms with van der Waals surface area (Å²) in [6.45, 7) is 3.79. The molecule has 98 valence electrons. The van der Waals surface area contributed by atoms with Crippen LogP contribution in [0.5, 0.6) is 0 Å². The van der Waals surface area contributed by atoms with Gasteiger partial charge in [-0.05, 0) is 6.08 Å². The first-order chi connectivity index (χ1) is 8.52. The molecule has 4 N–H and O–H groups in total. The van der Waals surface area contributed by atoms with Crippen LogP contribution in [0.1, 0.15) is 5.69 Å². The lowest BCUT2D eigenvalue weighted by molar-refractivity contribution is -0.138. The minimum atomic E-state index is -1.09. The van der Waals surface area contributed by atoms with E-state index in [4.69, 9.17) is 10.8 Å². The number of hydrogen-bond acceptors (Lipinski definition) is 5. The number of amides is 1. The van der Waals surface area contributed by atoms with Crippen LogP contribution in [0.2, 0.25) is 0 Å². The molecular weight excluding hydrogens is 238 g/mol. The molecule has 0 saturated carbocycles. The number of hydrogen-bond donors (Lipinski definition) is 3. The molecule has 0 fully saturated rings. The van der Waals surface area contributed by atoms with Gasteiger partial charge in [0.05, 0.1) is 12.2 Å². The highest BCUT2D eigenvalue weighted by Gasteiger charge is 2.13. The molecule has 8 heteroatoms. The van der Waals surface area contributed by atoms with Crippen molar-refractivity contribution in [2.45, 2.75) is 19.0 Å². The molecule has 1 aromatic heterocycles. The Morgan fingerprint density at radius 1 is 1.67 bits per heavy atom. The third-order valence-corrected chi connectivity index (χ3v) is 2.15. The third-order valence-electron chi connectivity index (χ3n) is 2.15. The van der Waals surface area contributed by atoms with Gasteiger partial charge in [-0.25, -0.2) is 0 Å². The number of aliphatic carboxylic acids is 1. The minimum Gasteiger partial charge on any atom is -0.480 e. The van der Waals surface area contributed by atoms with E-state index in [1.54, 1.807) is 6.20 Å². The van der Waals surface area contributed by atoms with Crippen LogP contribution in [-0.4, -0.2) is 44.6 Å². The summed E-state index contributed by atoms with van der Waals surface area (Å²) < 4.78 is 1.36. The monoisotopic (exact) mass is 253 g/mol. The van der Waals surface area contributed by atoms with Gasteiger partial charge in [0, 0.05) is 19.2 Å². The van der Waals surface area contributed by atoms with Crippen molar-refractivity contribution >= 4 is 11.9 Å². The zero-order chi connectivity index (χ0) is 13.5. The van der Waals surface area contributed by atoms with Crippen molar-refractivity contribution in [3.05, 3.63) is 24.5 Å². The summed E-state index contributed by atoms with van der Waals surface area (Å²) in [7, 11) is 0. The van der Waals surface area contributed by atoms with E-state index in [1.165, 1.54) is 10.8 Å². The van der Waals surface area contributed by atoms with Gasteiger partial charge in [-0.3, -0.25) is 14.3 Å². The van der Waals surface area contributed by atoms with Gasteiger partial charge >= 0.3 is 5.97 Å². The second kappa shape index (κ2) is 6.50. The Hall–Kier alpha value is -2.22. The highest BCUT2D eigenvalue weighted by atomic mass is 16.4. The van der Waals surface area contributed by atoms with E-state index in [0.29, 0.717) is 18.7 Å². The van der Waals surface area contributed by atoms with Crippen LogP contribution in [0.3, 0.4) is 0 Å². The van der Waals surface area contributed by atoms with Crippen LogP contribution >= 0.6 is 0 Å². The molecule has 0 unspecified atom stereocenters. The van der Waals surface area contributed by atoms with E-state index in [2.05, 4.69) is 22.2 Å². The van der Waals surface area contributed by atoms with Crippen LogP contribution in [0, 0.1) is 0 Å². The smallest absolute Gasteiger partial charge is 0.322 e. The number of aromatic nitrogens is 3. The topological polar surface area (TPSA) is 123 Å². The lowest BCUT2D eigenvalue weighted by Gasteiger charge is -2.04. The van der Waals surface area contributed by atoms with Gasteiger partial charge in [-0.2, -0.15) is 0 Å². The van der Waals surface area contributed by atoms with Crippen LogP contribution in [-0.2, 0) is 22.6 Å². The van der Waals surface area contributed by atoms with Crippen molar-refractivity contribution in [2.75, 3.05) is 6.54 Å². The van der Waals surface area contributed by atoms with Crippen molar-refractivity contribution in [3.8, 4) is 0 Å². The largest absolute Gasteiger partial charge is 0.480 e. The first kappa shape index (κ1) is 13.8. The maximum atomic E-state index is 10.9. The number of nitrogens with two attached hydrogens (primary N) is 1. The predicted octanol–water partition coefficient (Wildman–Crippen LogP) is -1.47. The third kappa shape index (κ3) is 4.34. The fourth-order valence-corrected chi connectivity index (χ4v) is 1.21. The summed E-state index contributed by atoms with van der Waals surface area (Å²) in [6.07, 6.45) is 3.29. The highest BCUT2D eigenvalue weighted by molar-refractivity contribution is 5.86. The fraction of sp³-hybridized carbons (Fsp3) is 0.400. The maximum Gasteiger partial charge on any atom is 0.322 e. The Morgan fingerprint density at radius 2 is 2.39 bits per heavy atom. The molecule has 1 aromatic rings. The van der Waals surface area contributed by atoms with Gasteiger partial charge in [0.15, 0.2) is 0 Å². The van der Waals surface area contributed by atoms with Gasteiger partial charge < -0.3 is 16.2 Å². The number of carboxylic acids is 1. The summed E-state index contributed by atoms with van der Waals surface area (Å²) in [5, 5.41) is 18.8. The minimum absolute atomic E-state index is 0.0569. The number of rotatable bonds is 7. The standard InChI is InChI=1S/C10H15N5O3/c1-2-9(16)12-4-3-7-5-15(14-13-7)6-8(11)10(17)18/h2,5,8H,1,3-4,6,11H2,(H,12,16)(H,17,18)/t8-/m0/s1. The molecule has 1 amide bonds. The molecule has 8 nitrogen and oxygen atoms in total. The van der Waals surface area contributed by atoms with E-state index in [0.717, 1.165) is 0 Å². The summed E-state index contributed by atoms with van der Waals surface area (Å²) in [4.78, 5) is 21.4. The van der Waals surface area contributed by atoms with Crippen LogP contribution in [0.15, 0.2) is 18.9 Å². The van der Waals surface area contributed by atoms with Crippen LogP contribution in [0.25, 0.3) is 0 Å². The molecule has 1 rings (SSSR count). The number of nitrogens with zero attached hydrogens (tertiary/aromatic N) is 3. The molecule has 1 heterocycles. The first-order valence-electron chi connectivity index (χ1n) is 5.30. The zero-order valence-electron chi connectivity index (χ0n) is 9.74. The molecule has 0 aliphatic carbocycles. The number of carbonyl (C=O) groups excluding carboxylic acids is 1. The fourth-order valence-electron chi connectivity index (χ4n) is 1.21. The van der Waals surface area contributed by atoms with Crippen molar-refractivity contribution in [1.82, 2.24) is 20.3 Å². The maximum absolute atomic E-state index is 10.9. The van der Waals surface area contributed by atoms with Crippen LogP contribution in [0.4, 0.5) is 0 Å². The Labute approximate surface area is 103 Å². The van der Waals surface area contributed by atoms with Crippen molar-refractivity contribution in [3.63, 3.8) is 0 Å². The quantitative estimate of drug-likeness (QED) is 0.510. The Balaban J connectivity index is 2.41. The van der Waals surface area contributed by atoms with E-state index in [-0.39, 0.29) is 12.5 Å². The second-order valence-corrected chi connectivity index (χ2v) is 3.62. The second-order valence-electron chi connectivity index (χ2n) is 3.62. The molecule has 18 heavy (non-hydrogen) atoms. The summed E-state index contributed by atoms with van der Waals surface area (Å²) in [5.41, 5.74) is 6.01. The molecular formula is C10H15N5O3. The van der Waals surface area contributed by atoms with Gasteiger partial charge in [-0.15, -0.1) is 5.10 Å². The normalized spacial score (nSPS) is 11.8. The van der Waals surface area contributed by atoms with Gasteiger partial charge in [0.25, 0.3) is 0 Å². The average Bonchev–Trinajstić information content (AvgIpc) is 2.76. The molecule has 0 saturated heterocycles. The summed E-state index contributed by atoms with van der Waals surface area (Å²) in [6, 6.07) is -1.01. The SMILES string of the molecule is C=CC(=O)NCCc1cn(C[C@H](N)C(=O)O)nn1. The molecule has 0 aliphatic heterocycles. The van der Waals surface area contributed by atoms with Crippen molar-refractivity contribution in [1.29, 1.82) is 0 Å². The van der Waals surface area contributed by atoms with E-state index >= 15 is 0 Å². The molecule has 0 aromatic carbocycles. The number of nitrogens with one attached hydrogen (secondary N) is 1. The van der Waals surface area contributed by atoms with Gasteiger partial charge in [-0.1, -0.05) is 11.8 Å². The zero-order valence-corrected chi connectivity index (χ0v) is 9.74. The van der Waals surface area contributed by atoms with Crippen molar-refractivity contribution < 1.29 is 14.7 Å². The number of carboxylic acid groups (broad SMARTS) is 1. The van der Waals surface area contributed by atoms with E-state index < -0.39 is 12.0 Å². The molecule has 0 bridgehead atoms. The van der Waals surface area contributed by atoms with Crippen LogP contribution < -0.4 is 11.1 Å². The molecule has 0 radical (unpaired) electrons. The van der Waals surface area contributed by atoms with Gasteiger partial charge in [0.1, 0.15) is 6.04 Å². The average molecular weight is 253 g/mol. The lowest BCUT2D eigenvalue weighted by atomic mass is 10.3. The number of carbonyl (C=O) groups is 2. The molecule has 1 atom stereocenters. The van der Waals surface area contributed by atoms with Crippen molar-refractivity contribution in [2.24, 2.45) is 5.73 Å². The summed E-state index contributed by atoms with van der Waals surface area (Å²) >= 11 is 0. The van der Waals surface area contributed by atoms with E-state index in [9.17, 15) is 9.59 Å². The Kier molecular flexibility index (Phi) is 5.00. The first-order valence-corrected chi connectivity index (χ1v) is 5.30. The lowest BCUT2D eigenvalue weighted by Crippen LogP contribution is -2.34. The highest BCUT2D eigenvalue weighted by Crippen LogP contribution is 1.95. The Morgan fingerprint density at radius 3 is 3.00 bits per heavy atom. The summed E-state index contributed by atoms with van der Waals surface area (Å²) in [5.74, 6) is -1.35. The van der Waals surface area contributed by atoms with E-state index in [1.807, 2.05) is 0 Å². The Bertz CT molecular complexity index is 442. The molecule has 0 aliphatic rings. The molecule has 0 spiro atoms.